The number of para-hydroxylation sites is 2. The Labute approximate surface area is 862 Å². The highest BCUT2D eigenvalue weighted by molar-refractivity contribution is 7.25. The molecule has 5 aliphatic rings. The quantitative estimate of drug-likeness (QED) is 0.102. The smallest absolute Gasteiger partial charge is 0.143 e. The highest BCUT2D eigenvalue weighted by atomic mass is 32.1. The summed E-state index contributed by atoms with van der Waals surface area (Å²) >= 11 is 1.88. The van der Waals surface area contributed by atoms with E-state index in [1.54, 1.807) is 0 Å². The number of hydrogen-bond donors (Lipinski definition) is 0. The predicted molar refractivity (Wildman–Crippen MR) is 617 cm³/mol. The molecular weight excluding hydrogens is 1790 g/mol. The van der Waals surface area contributed by atoms with Crippen LogP contribution in [0.25, 0.3) is 153 Å². The van der Waals surface area contributed by atoms with Crippen LogP contribution in [0.2, 0.25) is 0 Å². The van der Waals surface area contributed by atoms with Crippen LogP contribution in [0.3, 0.4) is 0 Å². The highest BCUT2D eigenvalue weighted by Crippen LogP contribution is 2.65. The molecule has 22 aromatic carbocycles. The molecule has 3 nitrogen and oxygen atoms in total. The lowest BCUT2D eigenvalue weighted by Gasteiger charge is -2.35. The van der Waals surface area contributed by atoms with Crippen molar-refractivity contribution < 1.29 is 4.42 Å². The normalized spacial score (nSPS) is 14.2. The van der Waals surface area contributed by atoms with E-state index in [4.69, 9.17) is 4.42 Å². The fourth-order valence-electron chi connectivity index (χ4n) is 26.3. The third-order valence-electron chi connectivity index (χ3n) is 33.2. The molecule has 5 aliphatic carbocycles. The first kappa shape index (κ1) is 87.3. The van der Waals surface area contributed by atoms with E-state index in [0.717, 1.165) is 67.2 Å². The third kappa shape index (κ3) is 13.3. The maximum absolute atomic E-state index is 6.51. The van der Waals surface area contributed by atoms with Crippen molar-refractivity contribution in [3.8, 4) is 111 Å². The number of furan rings is 1. The van der Waals surface area contributed by atoms with Gasteiger partial charge in [0.2, 0.25) is 0 Å². The molecule has 0 saturated carbocycles. The van der Waals surface area contributed by atoms with E-state index in [9.17, 15) is 0 Å². The molecule has 29 rings (SSSR count). The van der Waals surface area contributed by atoms with Gasteiger partial charge in [-0.1, -0.05) is 448 Å². The minimum Gasteiger partial charge on any atom is -0.455 e. The van der Waals surface area contributed by atoms with E-state index in [-0.39, 0.29) is 16.2 Å². The molecule has 0 atom stereocenters. The maximum atomic E-state index is 6.51. The molecular formula is C143H102N2OS. The van der Waals surface area contributed by atoms with Crippen molar-refractivity contribution in [3.05, 3.63) is 587 Å². The predicted octanol–water partition coefficient (Wildman–Crippen LogP) is 38.6. The largest absolute Gasteiger partial charge is 0.455 e. The lowest BCUT2D eigenvalue weighted by Crippen LogP contribution is -2.29. The lowest BCUT2D eigenvalue weighted by atomic mass is 9.66. The average molecular weight is 1900 g/mol. The van der Waals surface area contributed by atoms with E-state index in [0.29, 0.717) is 0 Å². The Morgan fingerprint density at radius 3 is 1.05 bits per heavy atom. The van der Waals surface area contributed by atoms with Crippen molar-refractivity contribution in [2.75, 3.05) is 9.80 Å². The first-order chi connectivity index (χ1) is 72.2. The summed E-state index contributed by atoms with van der Waals surface area (Å²) in [5.74, 6) is 0. The molecule has 0 radical (unpaired) electrons. The topological polar surface area (TPSA) is 19.6 Å². The van der Waals surface area contributed by atoms with Gasteiger partial charge in [-0.3, -0.25) is 0 Å². The summed E-state index contributed by atoms with van der Waals surface area (Å²) in [6, 6.07) is 190. The summed E-state index contributed by atoms with van der Waals surface area (Å²) in [7, 11) is 0. The molecule has 0 N–H and O–H groups in total. The Bertz CT molecular complexity index is 9230. The zero-order valence-electron chi connectivity index (χ0n) is 82.7. The standard InChI is InChI=1S/C73H53NS.C70H49NO/c1-71(2)62-27-15-11-23-55(62)57-38-36-51(44-65(57)71)74(52-37-39-58-56-24-12-16-28-63(56)72(3,4)66(58)45-52)50-34-31-46(32-35-50)53-40-41-54(47-33-42-68-61(43-47)59-25-14-18-30-67(59)75-68)70-69(53)60-26-13-17-29-64(60)73(70,48-19-7-5-8-20-48)49-21-9-6-10-22-49;1-69(2)62-29-14-12-24-57(62)58-43-41-54(45-64(58)69)71(53-39-34-48(35-40-53)56-27-16-28-60-59-25-13-15-31-66(59)72-68(56)60)52-37-32-47(33-38-52)55-26-17-30-63-67(55)61-42-36-49(46-18-6-3-7-19-46)44-65(61)70(63,50-20-8-4-9-21-50)51-22-10-5-11-23-51/h5-45H,1-4H3;3-45H,1-2H3. The zero-order valence-corrected chi connectivity index (χ0v) is 83.5. The molecule has 2 aromatic heterocycles. The summed E-state index contributed by atoms with van der Waals surface area (Å²) < 4.78 is 9.14. The van der Waals surface area contributed by atoms with Crippen molar-refractivity contribution in [1.82, 2.24) is 0 Å². The number of anilines is 6. The van der Waals surface area contributed by atoms with Crippen molar-refractivity contribution in [2.45, 2.75) is 68.6 Å². The van der Waals surface area contributed by atoms with Crippen LogP contribution < -0.4 is 9.80 Å². The van der Waals surface area contributed by atoms with Crippen molar-refractivity contribution >= 4 is 87.6 Å². The van der Waals surface area contributed by atoms with Crippen LogP contribution in [0.1, 0.15) is 119 Å². The number of thiophene rings is 1. The number of benzene rings is 22. The second kappa shape index (κ2) is 33.8. The van der Waals surface area contributed by atoms with E-state index < -0.39 is 10.8 Å². The van der Waals surface area contributed by atoms with Crippen molar-refractivity contribution in [2.24, 2.45) is 0 Å². The van der Waals surface area contributed by atoms with E-state index in [2.05, 4.69) is 555 Å². The SMILES string of the molecule is CC1(C)c2ccccc2-c2ccc(N(c3ccc(-c4ccc(-c5ccc6sc7ccccc7c6c5)c5c4-c4ccccc4C5(c4ccccc4)c4ccccc4)cc3)c3ccc4c(c3)C(C)(C)c3ccccc3-4)cc21.CC1(C)c2ccccc2-c2ccc(N(c3ccc(-c4cccc5c4-c4ccc(-c6ccccc6)cc4C5(c4ccccc4)c4ccccc4)cc3)c3ccc(-c4cccc5c4oc4ccccc45)cc3)cc21. The van der Waals surface area contributed by atoms with Gasteiger partial charge in [-0.2, -0.15) is 0 Å². The summed E-state index contributed by atoms with van der Waals surface area (Å²) in [5.41, 5.74) is 50.4. The fourth-order valence-corrected chi connectivity index (χ4v) is 27.4. The third-order valence-corrected chi connectivity index (χ3v) is 34.3. The van der Waals surface area contributed by atoms with Gasteiger partial charge >= 0.3 is 0 Å². The molecule has 0 fully saturated rings. The van der Waals surface area contributed by atoms with Gasteiger partial charge in [0.15, 0.2) is 0 Å². The van der Waals surface area contributed by atoms with Gasteiger partial charge in [0.05, 0.1) is 10.8 Å². The summed E-state index contributed by atoms with van der Waals surface area (Å²) in [6.07, 6.45) is 0. The zero-order chi connectivity index (χ0) is 98.2. The maximum Gasteiger partial charge on any atom is 0.143 e. The Morgan fingerprint density at radius 2 is 0.524 bits per heavy atom. The second-order valence-corrected chi connectivity index (χ2v) is 43.0. The molecule has 0 spiro atoms. The summed E-state index contributed by atoms with van der Waals surface area (Å²) in [5, 5.41) is 4.88. The molecule has 2 heterocycles. The van der Waals surface area contributed by atoms with Crippen LogP contribution in [0.5, 0.6) is 0 Å². The molecule has 0 bridgehead atoms. The Kier molecular flexibility index (Phi) is 20.1. The van der Waals surface area contributed by atoms with Gasteiger partial charge in [-0.15, -0.1) is 11.3 Å². The number of hydrogen-bond acceptors (Lipinski definition) is 4. The molecule has 0 amide bonds. The number of rotatable bonds is 15. The Balaban J connectivity index is 0.000000142. The first-order valence-electron chi connectivity index (χ1n) is 51.5. The van der Waals surface area contributed by atoms with Crippen LogP contribution in [0.4, 0.5) is 34.1 Å². The minimum absolute atomic E-state index is 0.139. The number of nitrogens with zero attached hydrogens (tertiary/aromatic N) is 2. The number of fused-ring (bicyclic) bond motifs is 21. The van der Waals surface area contributed by atoms with Gasteiger partial charge in [-0.05, 0) is 287 Å². The van der Waals surface area contributed by atoms with Crippen molar-refractivity contribution in [3.63, 3.8) is 0 Å². The van der Waals surface area contributed by atoms with E-state index in [1.165, 1.54) is 198 Å². The Hall–Kier alpha value is -17.5. The van der Waals surface area contributed by atoms with Crippen molar-refractivity contribution in [1.29, 1.82) is 0 Å². The second-order valence-electron chi connectivity index (χ2n) is 41.9. The van der Waals surface area contributed by atoms with Gasteiger partial charge in [0.1, 0.15) is 11.2 Å². The van der Waals surface area contributed by atoms with E-state index >= 15 is 0 Å². The molecule has 147 heavy (non-hydrogen) atoms. The summed E-state index contributed by atoms with van der Waals surface area (Å²) in [4.78, 5) is 4.91. The molecule has 24 aromatic rings. The van der Waals surface area contributed by atoms with Gasteiger partial charge in [0, 0.05) is 86.9 Å². The first-order valence-corrected chi connectivity index (χ1v) is 52.3. The van der Waals surface area contributed by atoms with Crippen LogP contribution in [-0.4, -0.2) is 0 Å². The van der Waals surface area contributed by atoms with Gasteiger partial charge in [-0.25, -0.2) is 0 Å². The lowest BCUT2D eigenvalue weighted by molar-refractivity contribution is 0.660. The molecule has 696 valence electrons. The van der Waals surface area contributed by atoms with Crippen LogP contribution in [-0.2, 0) is 27.1 Å². The molecule has 0 saturated heterocycles. The minimum atomic E-state index is -0.593. The van der Waals surface area contributed by atoms with Gasteiger partial charge in [0.25, 0.3) is 0 Å². The highest BCUT2D eigenvalue weighted by Gasteiger charge is 2.51. The van der Waals surface area contributed by atoms with Crippen LogP contribution >= 0.6 is 11.3 Å². The van der Waals surface area contributed by atoms with Crippen LogP contribution in [0, 0.1) is 0 Å². The van der Waals surface area contributed by atoms with E-state index in [1.807, 2.05) is 17.4 Å². The fraction of sp³-hybridized carbons (Fsp3) is 0.0769. The van der Waals surface area contributed by atoms with Crippen LogP contribution in [0.15, 0.2) is 514 Å². The average Bonchev–Trinajstić information content (AvgIpc) is 1.53. The monoisotopic (exact) mass is 1890 g/mol. The Morgan fingerprint density at radius 1 is 0.184 bits per heavy atom. The van der Waals surface area contributed by atoms with Gasteiger partial charge < -0.3 is 14.2 Å². The molecule has 0 aliphatic heterocycles. The molecule has 0 unspecified atom stereocenters. The summed E-state index contributed by atoms with van der Waals surface area (Å²) in [6.45, 7) is 14.2. The molecule has 4 heteroatoms.